The van der Waals surface area contributed by atoms with E-state index >= 15 is 0 Å². The number of ether oxygens (including phenoxy) is 5. The molecule has 2 atom stereocenters. The number of epoxide rings is 1. The highest BCUT2D eigenvalue weighted by Crippen LogP contribution is 2.54. The Labute approximate surface area is 140 Å². The van der Waals surface area contributed by atoms with Crippen LogP contribution in [-0.4, -0.2) is 33.5 Å². The molecule has 0 amide bonds. The molecule has 0 radical (unpaired) electrons. The van der Waals surface area contributed by atoms with Crippen molar-refractivity contribution in [2.45, 2.75) is 12.2 Å². The molecular formula is C18H20O6. The molecule has 0 bridgehead atoms. The number of phenolic OH excluding ortho intramolecular Hbond substituents is 1. The minimum Gasteiger partial charge on any atom is -0.504 e. The van der Waals surface area contributed by atoms with Crippen molar-refractivity contribution in [3.8, 4) is 28.7 Å². The van der Waals surface area contributed by atoms with E-state index in [1.807, 2.05) is 18.2 Å². The summed E-state index contributed by atoms with van der Waals surface area (Å²) in [4.78, 5) is 0. The van der Waals surface area contributed by atoms with Crippen molar-refractivity contribution in [3.05, 3.63) is 41.5 Å². The van der Waals surface area contributed by atoms with Gasteiger partial charge in [-0.3, -0.25) is 0 Å². The van der Waals surface area contributed by atoms with Crippen LogP contribution < -0.4 is 18.9 Å². The quantitative estimate of drug-likeness (QED) is 0.819. The fourth-order valence-electron chi connectivity index (χ4n) is 2.77. The number of rotatable bonds is 6. The fraction of sp³-hybridized carbons (Fsp3) is 0.333. The lowest BCUT2D eigenvalue weighted by Crippen LogP contribution is -1.97. The van der Waals surface area contributed by atoms with Gasteiger partial charge in [-0.1, -0.05) is 6.07 Å². The van der Waals surface area contributed by atoms with Crippen LogP contribution in [-0.2, 0) is 4.74 Å². The van der Waals surface area contributed by atoms with Crippen molar-refractivity contribution in [3.63, 3.8) is 0 Å². The SMILES string of the molecule is COc1ccc([C@H]2O[C@@H]2c2cc(OC)c(OC)c(OC)c2)cc1O. The lowest BCUT2D eigenvalue weighted by atomic mass is 10.0. The van der Waals surface area contributed by atoms with Gasteiger partial charge < -0.3 is 28.8 Å². The summed E-state index contributed by atoms with van der Waals surface area (Å²) >= 11 is 0. The van der Waals surface area contributed by atoms with Crippen LogP contribution in [0.3, 0.4) is 0 Å². The minimum absolute atomic E-state index is 0.0918. The van der Waals surface area contributed by atoms with Crippen molar-refractivity contribution < 1.29 is 28.8 Å². The van der Waals surface area contributed by atoms with Crippen LogP contribution in [0.25, 0.3) is 0 Å². The highest BCUT2D eigenvalue weighted by Gasteiger charge is 2.42. The summed E-state index contributed by atoms with van der Waals surface area (Å²) in [6.07, 6.45) is -0.267. The second-order valence-corrected chi connectivity index (χ2v) is 5.37. The zero-order chi connectivity index (χ0) is 17.3. The van der Waals surface area contributed by atoms with Crippen molar-refractivity contribution in [1.82, 2.24) is 0 Å². The lowest BCUT2D eigenvalue weighted by Gasteiger charge is -2.13. The lowest BCUT2D eigenvalue weighted by molar-refractivity contribution is 0.322. The van der Waals surface area contributed by atoms with Gasteiger partial charge in [0.15, 0.2) is 23.0 Å². The zero-order valence-electron chi connectivity index (χ0n) is 14.0. The van der Waals surface area contributed by atoms with Gasteiger partial charge in [0.25, 0.3) is 0 Å². The Morgan fingerprint density at radius 1 is 0.750 bits per heavy atom. The molecule has 1 saturated heterocycles. The summed E-state index contributed by atoms with van der Waals surface area (Å²) in [5.41, 5.74) is 1.80. The first-order chi connectivity index (χ1) is 11.6. The molecule has 2 aromatic carbocycles. The van der Waals surface area contributed by atoms with E-state index in [0.29, 0.717) is 23.0 Å². The molecule has 0 saturated carbocycles. The first-order valence-electron chi connectivity index (χ1n) is 7.45. The fourth-order valence-corrected chi connectivity index (χ4v) is 2.77. The molecule has 128 valence electrons. The molecule has 1 heterocycles. The maximum absolute atomic E-state index is 9.92. The molecule has 0 spiro atoms. The summed E-state index contributed by atoms with van der Waals surface area (Å²) < 4.78 is 26.9. The third kappa shape index (κ3) is 2.80. The van der Waals surface area contributed by atoms with E-state index in [9.17, 15) is 5.11 Å². The Bertz CT molecular complexity index is 717. The number of hydrogen-bond acceptors (Lipinski definition) is 6. The summed E-state index contributed by atoms with van der Waals surface area (Å²) in [6, 6.07) is 8.99. The number of hydrogen-bond donors (Lipinski definition) is 1. The van der Waals surface area contributed by atoms with E-state index in [-0.39, 0.29) is 18.0 Å². The number of benzene rings is 2. The van der Waals surface area contributed by atoms with E-state index < -0.39 is 0 Å². The highest BCUT2D eigenvalue weighted by atomic mass is 16.6. The number of phenols is 1. The first-order valence-corrected chi connectivity index (χ1v) is 7.45. The molecule has 0 aromatic heterocycles. The van der Waals surface area contributed by atoms with Crippen LogP contribution in [0.4, 0.5) is 0 Å². The van der Waals surface area contributed by atoms with Gasteiger partial charge in [-0.2, -0.15) is 0 Å². The van der Waals surface area contributed by atoms with Gasteiger partial charge in [0, 0.05) is 0 Å². The first kappa shape index (κ1) is 16.3. The van der Waals surface area contributed by atoms with E-state index in [4.69, 9.17) is 23.7 Å². The minimum atomic E-state index is -0.135. The summed E-state index contributed by atoms with van der Waals surface area (Å²) in [5, 5.41) is 9.92. The molecule has 1 aliphatic heterocycles. The third-order valence-corrected chi connectivity index (χ3v) is 4.04. The van der Waals surface area contributed by atoms with Crippen LogP contribution >= 0.6 is 0 Å². The molecule has 3 rings (SSSR count). The molecular weight excluding hydrogens is 312 g/mol. The zero-order valence-corrected chi connectivity index (χ0v) is 14.0. The smallest absolute Gasteiger partial charge is 0.203 e. The van der Waals surface area contributed by atoms with Gasteiger partial charge in [0.05, 0.1) is 28.4 Å². The molecule has 0 unspecified atom stereocenters. The topological polar surface area (TPSA) is 69.7 Å². The van der Waals surface area contributed by atoms with Crippen LogP contribution in [0.2, 0.25) is 0 Å². The molecule has 1 fully saturated rings. The average molecular weight is 332 g/mol. The van der Waals surface area contributed by atoms with Crippen molar-refractivity contribution in [1.29, 1.82) is 0 Å². The Hall–Kier alpha value is -2.60. The average Bonchev–Trinajstić information content (AvgIpc) is 3.41. The van der Waals surface area contributed by atoms with Crippen LogP contribution in [0.15, 0.2) is 30.3 Å². The number of methoxy groups -OCH3 is 4. The molecule has 1 aliphatic rings. The van der Waals surface area contributed by atoms with E-state index in [1.54, 1.807) is 33.5 Å². The summed E-state index contributed by atoms with van der Waals surface area (Å²) in [5.74, 6) is 2.23. The maximum Gasteiger partial charge on any atom is 0.203 e. The van der Waals surface area contributed by atoms with Gasteiger partial charge in [-0.15, -0.1) is 0 Å². The van der Waals surface area contributed by atoms with Gasteiger partial charge in [0.2, 0.25) is 5.75 Å². The van der Waals surface area contributed by atoms with E-state index in [0.717, 1.165) is 11.1 Å². The Morgan fingerprint density at radius 2 is 1.33 bits per heavy atom. The largest absolute Gasteiger partial charge is 0.504 e. The van der Waals surface area contributed by atoms with Gasteiger partial charge in [-0.05, 0) is 35.4 Å². The van der Waals surface area contributed by atoms with Crippen LogP contribution in [0, 0.1) is 0 Å². The van der Waals surface area contributed by atoms with Gasteiger partial charge in [-0.25, -0.2) is 0 Å². The van der Waals surface area contributed by atoms with Crippen LogP contribution in [0.1, 0.15) is 23.3 Å². The van der Waals surface area contributed by atoms with Crippen molar-refractivity contribution in [2.75, 3.05) is 28.4 Å². The van der Waals surface area contributed by atoms with Crippen molar-refractivity contribution in [2.24, 2.45) is 0 Å². The highest BCUT2D eigenvalue weighted by molar-refractivity contribution is 5.55. The number of aromatic hydroxyl groups is 1. The second kappa shape index (κ2) is 6.49. The molecule has 1 N–H and O–H groups in total. The van der Waals surface area contributed by atoms with Crippen LogP contribution in [0.5, 0.6) is 28.7 Å². The third-order valence-electron chi connectivity index (χ3n) is 4.04. The van der Waals surface area contributed by atoms with Gasteiger partial charge >= 0.3 is 0 Å². The molecule has 6 nitrogen and oxygen atoms in total. The van der Waals surface area contributed by atoms with E-state index in [2.05, 4.69) is 0 Å². The Balaban J connectivity index is 1.88. The van der Waals surface area contributed by atoms with Gasteiger partial charge in [0.1, 0.15) is 12.2 Å². The second-order valence-electron chi connectivity index (χ2n) is 5.37. The molecule has 6 heteroatoms. The van der Waals surface area contributed by atoms with Crippen molar-refractivity contribution >= 4 is 0 Å². The van der Waals surface area contributed by atoms with E-state index in [1.165, 1.54) is 7.11 Å². The summed E-state index contributed by atoms with van der Waals surface area (Å²) in [6.45, 7) is 0. The maximum atomic E-state index is 9.92. The Morgan fingerprint density at radius 3 is 1.83 bits per heavy atom. The standard InChI is InChI=1S/C18H20O6/c1-20-13-6-5-10(7-12(13)19)16-17(24-16)11-8-14(21-2)18(23-4)15(9-11)22-3/h5-9,16-17,19H,1-4H3/t16-,17-/m1/s1. The molecule has 24 heavy (non-hydrogen) atoms. The predicted molar refractivity (Wildman–Crippen MR) is 87.3 cm³/mol. The predicted octanol–water partition coefficient (Wildman–Crippen LogP) is 3.24. The normalized spacial score (nSPS) is 18.8. The molecule has 0 aliphatic carbocycles. The molecule has 2 aromatic rings. The monoisotopic (exact) mass is 332 g/mol. The Kier molecular flexibility index (Phi) is 4.40. The summed E-state index contributed by atoms with van der Waals surface area (Å²) in [7, 11) is 6.24.